The second kappa shape index (κ2) is 6.60. The molecule has 0 amide bonds. The predicted molar refractivity (Wildman–Crippen MR) is 85.6 cm³/mol. The SMILES string of the molecule is O=c1[nH]cnc2c(CNCCSc3ccccc3)c[nH]c12. The number of H-pyrrole nitrogens is 2. The zero-order valence-electron chi connectivity index (χ0n) is 11.4. The fourth-order valence-electron chi connectivity index (χ4n) is 2.12. The van der Waals surface area contributed by atoms with Crippen molar-refractivity contribution in [1.29, 1.82) is 0 Å². The molecule has 0 saturated carbocycles. The Labute approximate surface area is 126 Å². The Morgan fingerprint density at radius 2 is 2.05 bits per heavy atom. The number of rotatable bonds is 6. The third kappa shape index (κ3) is 3.34. The van der Waals surface area contributed by atoms with Gasteiger partial charge in [-0.2, -0.15) is 0 Å². The second-order valence-electron chi connectivity index (χ2n) is 4.61. The molecule has 0 saturated heterocycles. The van der Waals surface area contributed by atoms with Crippen LogP contribution in [-0.4, -0.2) is 27.2 Å². The zero-order valence-corrected chi connectivity index (χ0v) is 12.2. The Bertz CT molecular complexity index is 766. The summed E-state index contributed by atoms with van der Waals surface area (Å²) in [6, 6.07) is 10.3. The molecule has 0 radical (unpaired) electrons. The van der Waals surface area contributed by atoms with Crippen LogP contribution in [0.4, 0.5) is 0 Å². The van der Waals surface area contributed by atoms with E-state index in [0.29, 0.717) is 12.1 Å². The Balaban J connectivity index is 1.51. The first-order valence-electron chi connectivity index (χ1n) is 6.77. The van der Waals surface area contributed by atoms with E-state index in [0.717, 1.165) is 23.4 Å². The van der Waals surface area contributed by atoms with Gasteiger partial charge in [0, 0.05) is 35.5 Å². The summed E-state index contributed by atoms with van der Waals surface area (Å²) in [4.78, 5) is 22.6. The van der Waals surface area contributed by atoms with Gasteiger partial charge in [0.05, 0.1) is 11.8 Å². The number of nitrogens with zero attached hydrogens (tertiary/aromatic N) is 1. The topological polar surface area (TPSA) is 73.6 Å². The second-order valence-corrected chi connectivity index (χ2v) is 5.78. The van der Waals surface area contributed by atoms with Crippen LogP contribution < -0.4 is 10.9 Å². The molecule has 0 aliphatic carbocycles. The van der Waals surface area contributed by atoms with Crippen LogP contribution in [0.15, 0.2) is 52.5 Å². The van der Waals surface area contributed by atoms with E-state index in [9.17, 15) is 4.79 Å². The van der Waals surface area contributed by atoms with Gasteiger partial charge in [-0.1, -0.05) is 18.2 Å². The molecular weight excluding hydrogens is 284 g/mol. The molecule has 2 heterocycles. The summed E-state index contributed by atoms with van der Waals surface area (Å²) < 4.78 is 0. The number of hydrogen-bond acceptors (Lipinski definition) is 4. The Hall–Kier alpha value is -2.05. The summed E-state index contributed by atoms with van der Waals surface area (Å²) in [6.07, 6.45) is 3.28. The van der Waals surface area contributed by atoms with Gasteiger partial charge < -0.3 is 15.3 Å². The molecular formula is C15H16N4OS. The van der Waals surface area contributed by atoms with Crippen molar-refractivity contribution in [3.63, 3.8) is 0 Å². The zero-order chi connectivity index (χ0) is 14.5. The van der Waals surface area contributed by atoms with Gasteiger partial charge in [-0.3, -0.25) is 4.79 Å². The molecule has 5 nitrogen and oxygen atoms in total. The van der Waals surface area contributed by atoms with Crippen molar-refractivity contribution in [2.24, 2.45) is 0 Å². The van der Waals surface area contributed by atoms with Crippen LogP contribution in [0, 0.1) is 0 Å². The largest absolute Gasteiger partial charge is 0.355 e. The standard InChI is InChI=1S/C15H16N4OS/c20-15-14-13(18-10-19-15)11(9-17-14)8-16-6-7-21-12-4-2-1-3-5-12/h1-5,9-10,16-17H,6-8H2,(H,18,19,20). The number of thioether (sulfide) groups is 1. The van der Waals surface area contributed by atoms with E-state index in [1.165, 1.54) is 11.2 Å². The lowest BCUT2D eigenvalue weighted by Crippen LogP contribution is -2.16. The molecule has 0 aliphatic heterocycles. The average molecular weight is 300 g/mol. The van der Waals surface area contributed by atoms with Crippen LogP contribution in [0.3, 0.4) is 0 Å². The summed E-state index contributed by atoms with van der Waals surface area (Å²) >= 11 is 1.82. The average Bonchev–Trinajstić information content (AvgIpc) is 2.93. The van der Waals surface area contributed by atoms with Gasteiger partial charge in [-0.05, 0) is 12.1 Å². The highest BCUT2D eigenvalue weighted by Crippen LogP contribution is 2.16. The van der Waals surface area contributed by atoms with Gasteiger partial charge in [0.15, 0.2) is 0 Å². The summed E-state index contributed by atoms with van der Waals surface area (Å²) in [5, 5.41) is 3.38. The number of hydrogen-bond donors (Lipinski definition) is 3. The van der Waals surface area contributed by atoms with Gasteiger partial charge >= 0.3 is 0 Å². The van der Waals surface area contributed by atoms with Crippen LogP contribution in [0.2, 0.25) is 0 Å². The van der Waals surface area contributed by atoms with Gasteiger partial charge in [0.1, 0.15) is 5.52 Å². The van der Waals surface area contributed by atoms with Crippen LogP contribution in [0.5, 0.6) is 0 Å². The normalized spacial score (nSPS) is 11.0. The molecule has 0 atom stereocenters. The van der Waals surface area contributed by atoms with Crippen molar-refractivity contribution in [3.8, 4) is 0 Å². The van der Waals surface area contributed by atoms with Crippen LogP contribution >= 0.6 is 11.8 Å². The molecule has 0 aliphatic rings. The first kappa shape index (κ1) is 13.9. The number of benzene rings is 1. The number of aromatic nitrogens is 3. The Kier molecular flexibility index (Phi) is 4.37. The maximum Gasteiger partial charge on any atom is 0.275 e. The van der Waals surface area contributed by atoms with E-state index in [1.807, 2.05) is 36.2 Å². The third-order valence-corrected chi connectivity index (χ3v) is 4.17. The van der Waals surface area contributed by atoms with Crippen molar-refractivity contribution >= 4 is 22.8 Å². The van der Waals surface area contributed by atoms with Crippen molar-refractivity contribution < 1.29 is 0 Å². The van der Waals surface area contributed by atoms with Crippen molar-refractivity contribution in [2.75, 3.05) is 12.3 Å². The molecule has 0 bridgehead atoms. The third-order valence-electron chi connectivity index (χ3n) is 3.15. The maximum absolute atomic E-state index is 11.6. The number of aromatic amines is 2. The lowest BCUT2D eigenvalue weighted by atomic mass is 10.3. The summed E-state index contributed by atoms with van der Waals surface area (Å²) in [7, 11) is 0. The smallest absolute Gasteiger partial charge is 0.275 e. The van der Waals surface area contributed by atoms with Crippen LogP contribution in [0.25, 0.3) is 11.0 Å². The van der Waals surface area contributed by atoms with E-state index in [2.05, 4.69) is 32.4 Å². The maximum atomic E-state index is 11.6. The minimum atomic E-state index is -0.133. The Morgan fingerprint density at radius 1 is 1.19 bits per heavy atom. The molecule has 6 heteroatoms. The van der Waals surface area contributed by atoms with E-state index in [-0.39, 0.29) is 5.56 Å². The minimum absolute atomic E-state index is 0.133. The van der Waals surface area contributed by atoms with E-state index < -0.39 is 0 Å². The molecule has 0 unspecified atom stereocenters. The van der Waals surface area contributed by atoms with Gasteiger partial charge in [0.25, 0.3) is 5.56 Å². The van der Waals surface area contributed by atoms with Crippen LogP contribution in [0.1, 0.15) is 5.56 Å². The summed E-state index contributed by atoms with van der Waals surface area (Å²) in [5.41, 5.74) is 2.15. The van der Waals surface area contributed by atoms with E-state index >= 15 is 0 Å². The van der Waals surface area contributed by atoms with Crippen LogP contribution in [-0.2, 0) is 6.54 Å². The van der Waals surface area contributed by atoms with E-state index in [4.69, 9.17) is 0 Å². The predicted octanol–water partition coefficient (Wildman–Crippen LogP) is 2.13. The van der Waals surface area contributed by atoms with Gasteiger partial charge in [-0.25, -0.2) is 4.98 Å². The van der Waals surface area contributed by atoms with Gasteiger partial charge in [0.2, 0.25) is 0 Å². The molecule has 21 heavy (non-hydrogen) atoms. The Morgan fingerprint density at radius 3 is 2.90 bits per heavy atom. The number of fused-ring (bicyclic) bond motifs is 1. The summed E-state index contributed by atoms with van der Waals surface area (Å²) in [5.74, 6) is 1.00. The molecule has 2 aromatic heterocycles. The highest BCUT2D eigenvalue weighted by molar-refractivity contribution is 7.99. The first-order chi connectivity index (χ1) is 10.3. The highest BCUT2D eigenvalue weighted by Gasteiger charge is 2.06. The molecule has 3 rings (SSSR count). The minimum Gasteiger partial charge on any atom is -0.355 e. The molecule has 3 N–H and O–H groups in total. The lowest BCUT2D eigenvalue weighted by Gasteiger charge is -2.04. The monoisotopic (exact) mass is 300 g/mol. The fraction of sp³-hybridized carbons (Fsp3) is 0.200. The van der Waals surface area contributed by atoms with Crippen molar-refractivity contribution in [3.05, 3.63) is 58.8 Å². The lowest BCUT2D eigenvalue weighted by molar-refractivity contribution is 0.734. The highest BCUT2D eigenvalue weighted by atomic mass is 32.2. The molecule has 0 fully saturated rings. The van der Waals surface area contributed by atoms with Gasteiger partial charge in [-0.15, -0.1) is 11.8 Å². The quantitative estimate of drug-likeness (QED) is 0.482. The fourth-order valence-corrected chi connectivity index (χ4v) is 2.95. The first-order valence-corrected chi connectivity index (χ1v) is 7.75. The molecule has 1 aromatic carbocycles. The van der Waals surface area contributed by atoms with Crippen molar-refractivity contribution in [1.82, 2.24) is 20.3 Å². The number of nitrogens with one attached hydrogen (secondary N) is 3. The molecule has 3 aromatic rings. The summed E-state index contributed by atoms with van der Waals surface area (Å²) in [6.45, 7) is 1.60. The molecule has 108 valence electrons. The molecule has 0 spiro atoms. The van der Waals surface area contributed by atoms with Crippen molar-refractivity contribution in [2.45, 2.75) is 11.4 Å². The van der Waals surface area contributed by atoms with E-state index in [1.54, 1.807) is 0 Å².